The van der Waals surface area contributed by atoms with E-state index in [9.17, 15) is 14.7 Å². The standard InChI is InChI=1S/C20H24N4O4/c1-13-19(27)18(20(28)21-12-17(25)26)23-16(22-13)11-14-7-9-24(10-8-14)15-5-3-2-4-6-15/h2-6,14,27H,7-12H2,1H3,(H,21,28)(H,25,26). The number of amides is 1. The molecule has 1 aliphatic heterocycles. The average Bonchev–Trinajstić information content (AvgIpc) is 2.70. The number of benzene rings is 1. The third-order valence-electron chi connectivity index (χ3n) is 4.93. The fraction of sp³-hybridized carbons (Fsp3) is 0.400. The Bertz CT molecular complexity index is 849. The van der Waals surface area contributed by atoms with Gasteiger partial charge in [-0.25, -0.2) is 9.97 Å². The Balaban J connectivity index is 1.64. The predicted molar refractivity (Wildman–Crippen MR) is 103 cm³/mol. The van der Waals surface area contributed by atoms with Crippen LogP contribution in [0.2, 0.25) is 0 Å². The van der Waals surface area contributed by atoms with Gasteiger partial charge in [-0.2, -0.15) is 0 Å². The highest BCUT2D eigenvalue weighted by Crippen LogP contribution is 2.26. The molecule has 1 fully saturated rings. The summed E-state index contributed by atoms with van der Waals surface area (Å²) in [6.07, 6.45) is 2.58. The molecule has 1 saturated heterocycles. The largest absolute Gasteiger partial charge is 0.504 e. The number of hydrogen-bond acceptors (Lipinski definition) is 6. The summed E-state index contributed by atoms with van der Waals surface area (Å²) < 4.78 is 0. The Morgan fingerprint density at radius 2 is 1.86 bits per heavy atom. The SMILES string of the molecule is Cc1nc(CC2CCN(c3ccccc3)CC2)nc(C(=O)NCC(=O)O)c1O. The first kappa shape index (κ1) is 19.6. The van der Waals surface area contributed by atoms with Crippen LogP contribution in [-0.2, 0) is 11.2 Å². The highest BCUT2D eigenvalue weighted by atomic mass is 16.4. The summed E-state index contributed by atoms with van der Waals surface area (Å²) in [7, 11) is 0. The lowest BCUT2D eigenvalue weighted by Crippen LogP contribution is -2.34. The molecule has 28 heavy (non-hydrogen) atoms. The van der Waals surface area contributed by atoms with Crippen LogP contribution < -0.4 is 10.2 Å². The molecule has 1 amide bonds. The van der Waals surface area contributed by atoms with E-state index in [2.05, 4.69) is 32.3 Å². The summed E-state index contributed by atoms with van der Waals surface area (Å²) in [5.74, 6) is -1.31. The molecule has 1 aliphatic rings. The average molecular weight is 384 g/mol. The molecule has 8 nitrogen and oxygen atoms in total. The van der Waals surface area contributed by atoms with Crippen molar-refractivity contribution in [2.24, 2.45) is 5.92 Å². The molecule has 148 valence electrons. The van der Waals surface area contributed by atoms with E-state index in [1.165, 1.54) is 5.69 Å². The first-order valence-corrected chi connectivity index (χ1v) is 9.30. The number of aromatic nitrogens is 2. The minimum absolute atomic E-state index is 0.175. The predicted octanol–water partition coefficient (Wildman–Crippen LogP) is 1.76. The van der Waals surface area contributed by atoms with E-state index >= 15 is 0 Å². The van der Waals surface area contributed by atoms with E-state index in [0.717, 1.165) is 25.9 Å². The number of piperidine rings is 1. The fourth-order valence-corrected chi connectivity index (χ4v) is 3.41. The monoisotopic (exact) mass is 384 g/mol. The Kier molecular flexibility index (Phi) is 6.08. The summed E-state index contributed by atoms with van der Waals surface area (Å²) >= 11 is 0. The van der Waals surface area contributed by atoms with E-state index in [-0.39, 0.29) is 11.4 Å². The number of carbonyl (C=O) groups excluding carboxylic acids is 1. The van der Waals surface area contributed by atoms with Gasteiger partial charge in [0.15, 0.2) is 11.4 Å². The highest BCUT2D eigenvalue weighted by Gasteiger charge is 2.23. The molecule has 0 unspecified atom stereocenters. The second kappa shape index (κ2) is 8.69. The zero-order valence-corrected chi connectivity index (χ0v) is 15.8. The zero-order chi connectivity index (χ0) is 20.1. The van der Waals surface area contributed by atoms with Crippen LogP contribution in [0, 0.1) is 12.8 Å². The van der Waals surface area contributed by atoms with Gasteiger partial charge in [0.25, 0.3) is 5.91 Å². The maximum Gasteiger partial charge on any atom is 0.322 e. The van der Waals surface area contributed by atoms with Gasteiger partial charge in [0.2, 0.25) is 0 Å². The van der Waals surface area contributed by atoms with E-state index in [1.54, 1.807) is 6.92 Å². The minimum atomic E-state index is -1.16. The van der Waals surface area contributed by atoms with Crippen LogP contribution in [-0.4, -0.2) is 51.7 Å². The van der Waals surface area contributed by atoms with Crippen molar-refractivity contribution in [1.82, 2.24) is 15.3 Å². The molecular weight excluding hydrogens is 360 g/mol. The van der Waals surface area contributed by atoms with Gasteiger partial charge in [-0.1, -0.05) is 18.2 Å². The molecule has 3 N–H and O–H groups in total. The lowest BCUT2D eigenvalue weighted by atomic mass is 9.93. The Labute approximate surface area is 163 Å². The Hall–Kier alpha value is -3.16. The van der Waals surface area contributed by atoms with Gasteiger partial charge in [-0.05, 0) is 37.8 Å². The van der Waals surface area contributed by atoms with Crippen molar-refractivity contribution in [3.05, 3.63) is 47.5 Å². The Morgan fingerprint density at radius 3 is 2.50 bits per heavy atom. The van der Waals surface area contributed by atoms with Gasteiger partial charge >= 0.3 is 5.97 Å². The number of carboxylic acids is 1. The molecule has 2 heterocycles. The number of rotatable bonds is 6. The third kappa shape index (κ3) is 4.76. The molecule has 1 aromatic carbocycles. The minimum Gasteiger partial charge on any atom is -0.504 e. The molecule has 3 rings (SSSR count). The van der Waals surface area contributed by atoms with Gasteiger partial charge in [-0.3, -0.25) is 9.59 Å². The van der Waals surface area contributed by atoms with Crippen molar-refractivity contribution < 1.29 is 19.8 Å². The molecule has 0 bridgehead atoms. The van der Waals surface area contributed by atoms with E-state index in [0.29, 0.717) is 23.9 Å². The van der Waals surface area contributed by atoms with E-state index in [4.69, 9.17) is 5.11 Å². The molecule has 0 radical (unpaired) electrons. The van der Waals surface area contributed by atoms with Crippen LogP contribution >= 0.6 is 0 Å². The molecule has 8 heteroatoms. The molecule has 2 aromatic rings. The third-order valence-corrected chi connectivity index (χ3v) is 4.93. The molecule has 0 aliphatic carbocycles. The number of carboxylic acid groups (broad SMARTS) is 1. The number of nitrogens with one attached hydrogen (secondary N) is 1. The van der Waals surface area contributed by atoms with Crippen LogP contribution in [0.4, 0.5) is 5.69 Å². The van der Waals surface area contributed by atoms with Crippen molar-refractivity contribution in [2.45, 2.75) is 26.2 Å². The number of anilines is 1. The lowest BCUT2D eigenvalue weighted by molar-refractivity contribution is -0.135. The number of aliphatic carboxylic acids is 1. The fourth-order valence-electron chi connectivity index (χ4n) is 3.41. The number of carbonyl (C=O) groups is 2. The van der Waals surface area contributed by atoms with Crippen molar-refractivity contribution in [2.75, 3.05) is 24.5 Å². The number of para-hydroxylation sites is 1. The van der Waals surface area contributed by atoms with Gasteiger partial charge in [-0.15, -0.1) is 0 Å². The number of aromatic hydroxyl groups is 1. The van der Waals surface area contributed by atoms with Crippen molar-refractivity contribution in [3.8, 4) is 5.75 Å². The van der Waals surface area contributed by atoms with Crippen molar-refractivity contribution in [3.63, 3.8) is 0 Å². The molecule has 0 spiro atoms. The zero-order valence-electron chi connectivity index (χ0n) is 15.8. The number of hydrogen-bond donors (Lipinski definition) is 3. The van der Waals surface area contributed by atoms with Crippen LogP contribution in [0.15, 0.2) is 30.3 Å². The first-order chi connectivity index (χ1) is 13.4. The van der Waals surface area contributed by atoms with E-state index in [1.807, 2.05) is 18.2 Å². The molecular formula is C20H24N4O4. The molecule has 1 aromatic heterocycles. The summed E-state index contributed by atoms with van der Waals surface area (Å²) in [6.45, 7) is 2.95. The highest BCUT2D eigenvalue weighted by molar-refractivity contribution is 5.96. The first-order valence-electron chi connectivity index (χ1n) is 9.30. The normalized spacial score (nSPS) is 14.7. The molecule has 0 atom stereocenters. The van der Waals surface area contributed by atoms with Crippen LogP contribution in [0.3, 0.4) is 0 Å². The van der Waals surface area contributed by atoms with Crippen molar-refractivity contribution >= 4 is 17.6 Å². The van der Waals surface area contributed by atoms with Gasteiger partial charge in [0.05, 0.1) is 5.69 Å². The maximum absolute atomic E-state index is 12.1. The Morgan fingerprint density at radius 1 is 1.18 bits per heavy atom. The smallest absolute Gasteiger partial charge is 0.322 e. The summed E-state index contributed by atoms with van der Waals surface area (Å²) in [5, 5.41) is 21.0. The lowest BCUT2D eigenvalue weighted by Gasteiger charge is -2.33. The van der Waals surface area contributed by atoms with Gasteiger partial charge < -0.3 is 20.4 Å². The molecule has 0 saturated carbocycles. The van der Waals surface area contributed by atoms with Gasteiger partial charge in [0, 0.05) is 25.2 Å². The second-order valence-electron chi connectivity index (χ2n) is 6.97. The topological polar surface area (TPSA) is 116 Å². The van der Waals surface area contributed by atoms with Gasteiger partial charge in [0.1, 0.15) is 12.4 Å². The number of aryl methyl sites for hydroxylation is 1. The van der Waals surface area contributed by atoms with E-state index < -0.39 is 18.4 Å². The quantitative estimate of drug-likeness (QED) is 0.695. The van der Waals surface area contributed by atoms with Crippen molar-refractivity contribution in [1.29, 1.82) is 0 Å². The second-order valence-corrected chi connectivity index (χ2v) is 6.97. The number of nitrogens with zero attached hydrogens (tertiary/aromatic N) is 3. The maximum atomic E-state index is 12.1. The van der Waals surface area contributed by atoms with Crippen LogP contribution in [0.1, 0.15) is 34.8 Å². The van der Waals surface area contributed by atoms with Crippen LogP contribution in [0.5, 0.6) is 5.75 Å². The summed E-state index contributed by atoms with van der Waals surface area (Å²) in [6, 6.07) is 10.3. The summed E-state index contributed by atoms with van der Waals surface area (Å²) in [4.78, 5) is 33.6. The van der Waals surface area contributed by atoms with Crippen LogP contribution in [0.25, 0.3) is 0 Å². The summed E-state index contributed by atoms with van der Waals surface area (Å²) in [5.41, 5.74) is 1.35.